The van der Waals surface area contributed by atoms with E-state index in [2.05, 4.69) is 15.4 Å². The van der Waals surface area contributed by atoms with Crippen molar-refractivity contribution < 1.29 is 13.2 Å². The van der Waals surface area contributed by atoms with Crippen molar-refractivity contribution >= 4 is 28.3 Å². The first-order valence-electron chi connectivity index (χ1n) is 7.38. The van der Waals surface area contributed by atoms with Crippen LogP contribution in [0.25, 0.3) is 0 Å². The molecule has 0 aliphatic carbocycles. The lowest BCUT2D eigenvalue weighted by Gasteiger charge is -2.13. The quantitative estimate of drug-likeness (QED) is 0.653. The molecular formula is C15H26ClN3O3S. The first kappa shape index (κ1) is 21.9. The van der Waals surface area contributed by atoms with Crippen molar-refractivity contribution in [3.63, 3.8) is 0 Å². The van der Waals surface area contributed by atoms with Crippen molar-refractivity contribution in [2.45, 2.75) is 44.2 Å². The third-order valence-corrected chi connectivity index (χ3v) is 5.06. The third kappa shape index (κ3) is 6.87. The van der Waals surface area contributed by atoms with Crippen LogP contribution in [0.5, 0.6) is 0 Å². The molecule has 0 aliphatic rings. The Bertz CT molecular complexity index is 590. The summed E-state index contributed by atoms with van der Waals surface area (Å²) >= 11 is 0. The van der Waals surface area contributed by atoms with Crippen LogP contribution in [-0.2, 0) is 10.0 Å². The number of carbonyl (C=O) groups excluding carboxylic acids is 1. The van der Waals surface area contributed by atoms with Crippen LogP contribution in [0.3, 0.4) is 0 Å². The summed E-state index contributed by atoms with van der Waals surface area (Å²) in [5, 5.41) is 5.80. The lowest BCUT2D eigenvalue weighted by atomic mass is 10.2. The van der Waals surface area contributed by atoms with Crippen molar-refractivity contribution in [2.24, 2.45) is 0 Å². The highest BCUT2D eigenvalue weighted by Crippen LogP contribution is 2.11. The summed E-state index contributed by atoms with van der Waals surface area (Å²) in [5.41, 5.74) is 0.436. The Labute approximate surface area is 144 Å². The lowest BCUT2D eigenvalue weighted by molar-refractivity contribution is 0.0950. The molecule has 0 saturated carbocycles. The minimum Gasteiger partial charge on any atom is -0.350 e. The molecule has 2 unspecified atom stereocenters. The third-order valence-electron chi connectivity index (χ3n) is 3.46. The number of likely N-dealkylation sites (N-methyl/N-ethyl adjacent to an activating group) is 1. The number of hydrogen-bond donors (Lipinski definition) is 3. The Hall–Kier alpha value is -1.15. The van der Waals surface area contributed by atoms with E-state index in [0.29, 0.717) is 18.5 Å². The highest BCUT2D eigenvalue weighted by Gasteiger charge is 2.17. The zero-order chi connectivity index (χ0) is 16.8. The van der Waals surface area contributed by atoms with E-state index in [4.69, 9.17) is 0 Å². The van der Waals surface area contributed by atoms with E-state index in [0.717, 1.165) is 0 Å². The van der Waals surface area contributed by atoms with Gasteiger partial charge < -0.3 is 10.6 Å². The molecule has 132 valence electrons. The number of sulfonamides is 1. The van der Waals surface area contributed by atoms with Crippen LogP contribution in [0, 0.1) is 0 Å². The van der Waals surface area contributed by atoms with Crippen LogP contribution in [0.15, 0.2) is 29.2 Å². The van der Waals surface area contributed by atoms with Crippen LogP contribution >= 0.6 is 12.4 Å². The zero-order valence-corrected chi connectivity index (χ0v) is 15.6. The Balaban J connectivity index is 0.00000484. The number of rotatable bonds is 8. The van der Waals surface area contributed by atoms with Gasteiger partial charge in [-0.3, -0.25) is 4.79 Å². The molecule has 0 spiro atoms. The summed E-state index contributed by atoms with van der Waals surface area (Å²) in [7, 11) is -1.72. The Morgan fingerprint density at radius 1 is 1.13 bits per heavy atom. The molecule has 1 aromatic carbocycles. The van der Waals surface area contributed by atoms with E-state index in [1.54, 1.807) is 0 Å². The fourth-order valence-electron chi connectivity index (χ4n) is 1.65. The predicted octanol–water partition coefficient (Wildman–Crippen LogP) is 1.52. The first-order valence-corrected chi connectivity index (χ1v) is 8.86. The number of nitrogens with one attached hydrogen (secondary N) is 3. The smallest absolute Gasteiger partial charge is 0.251 e. The van der Waals surface area contributed by atoms with E-state index >= 15 is 0 Å². The lowest BCUT2D eigenvalue weighted by Crippen LogP contribution is -2.37. The molecule has 0 aromatic heterocycles. The molecule has 1 rings (SSSR count). The summed E-state index contributed by atoms with van der Waals surface area (Å²) in [6.45, 7) is 6.18. The maximum atomic E-state index is 12.1. The summed E-state index contributed by atoms with van der Waals surface area (Å²) in [6, 6.07) is 5.97. The van der Waals surface area contributed by atoms with Crippen molar-refractivity contribution in [1.82, 2.24) is 15.4 Å². The van der Waals surface area contributed by atoms with E-state index in [-0.39, 0.29) is 35.3 Å². The van der Waals surface area contributed by atoms with E-state index in [9.17, 15) is 13.2 Å². The second-order valence-electron chi connectivity index (χ2n) is 5.35. The van der Waals surface area contributed by atoms with Gasteiger partial charge in [-0.2, -0.15) is 0 Å². The number of benzene rings is 1. The topological polar surface area (TPSA) is 87.3 Å². The number of carbonyl (C=O) groups is 1. The predicted molar refractivity (Wildman–Crippen MR) is 94.6 cm³/mol. The first-order chi connectivity index (χ1) is 10.3. The molecule has 0 aliphatic heterocycles. The second-order valence-corrected chi connectivity index (χ2v) is 7.07. The van der Waals surface area contributed by atoms with Gasteiger partial charge in [-0.1, -0.05) is 6.92 Å². The van der Waals surface area contributed by atoms with E-state index in [1.165, 1.54) is 24.3 Å². The van der Waals surface area contributed by atoms with E-state index < -0.39 is 10.0 Å². The fraction of sp³-hybridized carbons (Fsp3) is 0.533. The van der Waals surface area contributed by atoms with Crippen LogP contribution in [0.4, 0.5) is 0 Å². The number of halogens is 1. The van der Waals surface area contributed by atoms with Crippen LogP contribution in [0.2, 0.25) is 0 Å². The van der Waals surface area contributed by atoms with Crippen molar-refractivity contribution in [3.05, 3.63) is 29.8 Å². The molecule has 1 aromatic rings. The van der Waals surface area contributed by atoms with Gasteiger partial charge in [0.15, 0.2) is 0 Å². The monoisotopic (exact) mass is 363 g/mol. The standard InChI is InChI=1S/C15H25N3O3S.ClH/c1-5-11(2)18-22(20,21)14-8-6-13(7-9-14)15(19)17-10-12(3)16-4;/h6-9,11-12,16,18H,5,10H2,1-4H3,(H,17,19);1H. The molecule has 0 heterocycles. The molecule has 0 radical (unpaired) electrons. The molecule has 8 heteroatoms. The molecule has 3 N–H and O–H groups in total. The van der Waals surface area contributed by atoms with Gasteiger partial charge in [-0.05, 0) is 51.6 Å². The molecule has 23 heavy (non-hydrogen) atoms. The van der Waals surface area contributed by atoms with E-state index in [1.807, 2.05) is 27.8 Å². The Kier molecular flexibility index (Phi) is 9.38. The van der Waals surface area contributed by atoms with Gasteiger partial charge >= 0.3 is 0 Å². The minimum atomic E-state index is -3.54. The van der Waals surface area contributed by atoms with Gasteiger partial charge in [0.25, 0.3) is 5.91 Å². The summed E-state index contributed by atoms with van der Waals surface area (Å²) in [6.07, 6.45) is 0.712. The van der Waals surface area contributed by atoms with Crippen molar-refractivity contribution in [1.29, 1.82) is 0 Å². The highest BCUT2D eigenvalue weighted by atomic mass is 35.5. The summed E-state index contributed by atoms with van der Waals surface area (Å²) in [4.78, 5) is 12.1. The Morgan fingerprint density at radius 2 is 1.70 bits per heavy atom. The molecule has 0 saturated heterocycles. The van der Waals surface area contributed by atoms with Crippen molar-refractivity contribution in [3.8, 4) is 0 Å². The number of hydrogen-bond acceptors (Lipinski definition) is 4. The molecule has 0 fully saturated rings. The van der Waals surface area contributed by atoms with Crippen LogP contribution in [0.1, 0.15) is 37.6 Å². The average Bonchev–Trinajstić information content (AvgIpc) is 2.51. The SMILES string of the molecule is CCC(C)NS(=O)(=O)c1ccc(C(=O)NCC(C)NC)cc1.Cl. The minimum absolute atomic E-state index is 0. The fourth-order valence-corrected chi connectivity index (χ4v) is 2.98. The number of amides is 1. The van der Waals surface area contributed by atoms with Gasteiger partial charge in [-0.25, -0.2) is 13.1 Å². The molecule has 2 atom stereocenters. The molecular weight excluding hydrogens is 338 g/mol. The average molecular weight is 364 g/mol. The van der Waals surface area contributed by atoms with Gasteiger partial charge in [0.05, 0.1) is 4.90 Å². The summed E-state index contributed by atoms with van der Waals surface area (Å²) in [5.74, 6) is -0.221. The Morgan fingerprint density at radius 3 is 2.17 bits per heavy atom. The second kappa shape index (κ2) is 9.87. The van der Waals surface area contributed by atoms with Gasteiger partial charge in [-0.15, -0.1) is 12.4 Å². The maximum absolute atomic E-state index is 12.1. The van der Waals surface area contributed by atoms with Crippen molar-refractivity contribution in [2.75, 3.05) is 13.6 Å². The van der Waals surface area contributed by atoms with Gasteiger partial charge in [0.1, 0.15) is 0 Å². The molecule has 1 amide bonds. The highest BCUT2D eigenvalue weighted by molar-refractivity contribution is 7.89. The molecule has 0 bridgehead atoms. The van der Waals surface area contributed by atoms with Gasteiger partial charge in [0.2, 0.25) is 10.0 Å². The normalized spacial score (nSPS) is 13.7. The van der Waals surface area contributed by atoms with Crippen LogP contribution < -0.4 is 15.4 Å². The van der Waals surface area contributed by atoms with Gasteiger partial charge in [0, 0.05) is 24.2 Å². The maximum Gasteiger partial charge on any atom is 0.251 e. The summed E-state index contributed by atoms with van der Waals surface area (Å²) < 4.78 is 26.8. The largest absolute Gasteiger partial charge is 0.350 e. The zero-order valence-electron chi connectivity index (χ0n) is 13.9. The van der Waals surface area contributed by atoms with Crippen LogP contribution in [-0.4, -0.2) is 40.0 Å². The molecule has 6 nitrogen and oxygen atoms in total.